The first-order valence-electron chi connectivity index (χ1n) is 4.55. The smallest absolute Gasteiger partial charge is 0.320 e. The van der Waals surface area contributed by atoms with Gasteiger partial charge in [-0.3, -0.25) is 5.32 Å². The summed E-state index contributed by atoms with van der Waals surface area (Å²) in [5, 5.41) is 5.76. The maximum atomic E-state index is 11.1. The van der Waals surface area contributed by atoms with Crippen LogP contribution in [0.1, 0.15) is 5.56 Å². The maximum absolute atomic E-state index is 11.1. The van der Waals surface area contributed by atoms with Gasteiger partial charge < -0.3 is 5.32 Å². The fourth-order valence-electron chi connectivity index (χ4n) is 1.25. The van der Waals surface area contributed by atoms with Gasteiger partial charge in [0, 0.05) is 7.05 Å². The molecule has 0 aliphatic carbocycles. The number of carbonyl (C=O) groups excluding carboxylic acids is 1. The van der Waals surface area contributed by atoms with Crippen LogP contribution < -0.4 is 10.6 Å². The van der Waals surface area contributed by atoms with E-state index in [1.54, 1.807) is 7.05 Å². The Morgan fingerprint density at radius 1 is 1.47 bits per heavy atom. The van der Waals surface area contributed by atoms with Crippen molar-refractivity contribution in [3.8, 4) is 0 Å². The number of anilines is 1. The van der Waals surface area contributed by atoms with Crippen molar-refractivity contribution in [1.29, 1.82) is 0 Å². The molecule has 1 heterocycles. The Morgan fingerprint density at radius 2 is 2.27 bits per heavy atom. The monoisotopic (exact) mass is 221 g/mol. The fourth-order valence-corrected chi connectivity index (χ4v) is 2.09. The fraction of sp³-hybridized carbons (Fsp3) is 0.200. The van der Waals surface area contributed by atoms with Crippen LogP contribution in [0.15, 0.2) is 18.2 Å². The summed E-state index contributed by atoms with van der Waals surface area (Å²) in [7, 11) is 1.58. The number of rotatable bonds is 1. The van der Waals surface area contributed by atoms with Crippen molar-refractivity contribution < 1.29 is 4.79 Å². The summed E-state index contributed by atoms with van der Waals surface area (Å²) in [4.78, 5) is 15.4. The molecule has 0 unspecified atom stereocenters. The zero-order chi connectivity index (χ0) is 10.8. The van der Waals surface area contributed by atoms with Gasteiger partial charge in [0.25, 0.3) is 0 Å². The summed E-state index contributed by atoms with van der Waals surface area (Å²) in [5.74, 6) is 0. The van der Waals surface area contributed by atoms with Crippen LogP contribution in [-0.2, 0) is 0 Å². The molecule has 0 radical (unpaired) electrons. The van der Waals surface area contributed by atoms with Gasteiger partial charge in [-0.1, -0.05) is 17.4 Å². The van der Waals surface area contributed by atoms with E-state index >= 15 is 0 Å². The van der Waals surface area contributed by atoms with Crippen LogP contribution in [0.5, 0.6) is 0 Å². The van der Waals surface area contributed by atoms with Crippen molar-refractivity contribution in [3.05, 3.63) is 23.8 Å². The van der Waals surface area contributed by atoms with Gasteiger partial charge in [0.2, 0.25) is 0 Å². The molecule has 5 heteroatoms. The number of urea groups is 1. The van der Waals surface area contributed by atoms with Crippen molar-refractivity contribution in [2.45, 2.75) is 6.92 Å². The van der Waals surface area contributed by atoms with Crippen molar-refractivity contribution >= 4 is 32.7 Å². The number of aryl methyl sites for hydroxylation is 1. The Kier molecular flexibility index (Phi) is 2.55. The van der Waals surface area contributed by atoms with E-state index in [1.807, 2.05) is 25.1 Å². The molecule has 0 saturated heterocycles. The van der Waals surface area contributed by atoms with Gasteiger partial charge >= 0.3 is 6.03 Å². The molecule has 2 aromatic rings. The number of carbonyl (C=O) groups is 1. The standard InChI is InChI=1S/C10H11N3OS/c1-6-3-4-8-7(5-6)12-10(15-8)13-9(14)11-2/h3-5H,1-2H3,(H2,11,12,13,14). The largest absolute Gasteiger partial charge is 0.341 e. The topological polar surface area (TPSA) is 54.0 Å². The molecule has 1 aromatic carbocycles. The highest BCUT2D eigenvalue weighted by Crippen LogP contribution is 2.26. The Hall–Kier alpha value is -1.62. The van der Waals surface area contributed by atoms with Gasteiger partial charge in [-0.05, 0) is 24.6 Å². The number of aromatic nitrogens is 1. The quantitative estimate of drug-likeness (QED) is 0.776. The van der Waals surface area contributed by atoms with Gasteiger partial charge in [0.1, 0.15) is 0 Å². The Labute approximate surface area is 91.3 Å². The molecule has 0 atom stereocenters. The predicted octanol–water partition coefficient (Wildman–Crippen LogP) is 2.36. The molecule has 2 rings (SSSR count). The van der Waals surface area contributed by atoms with Crippen LogP contribution in [-0.4, -0.2) is 18.1 Å². The van der Waals surface area contributed by atoms with E-state index in [9.17, 15) is 4.79 Å². The van der Waals surface area contributed by atoms with Crippen LogP contribution >= 0.6 is 11.3 Å². The average Bonchev–Trinajstić information content (AvgIpc) is 2.59. The minimum atomic E-state index is -0.245. The lowest BCUT2D eigenvalue weighted by Gasteiger charge is -1.97. The number of nitrogens with one attached hydrogen (secondary N) is 2. The summed E-state index contributed by atoms with van der Waals surface area (Å²) in [6, 6.07) is 5.80. The second kappa shape index (κ2) is 3.86. The summed E-state index contributed by atoms with van der Waals surface area (Å²) in [6.07, 6.45) is 0. The zero-order valence-electron chi connectivity index (χ0n) is 8.50. The molecule has 0 bridgehead atoms. The van der Waals surface area contributed by atoms with E-state index in [-0.39, 0.29) is 6.03 Å². The molecule has 0 saturated carbocycles. The Morgan fingerprint density at radius 3 is 3.00 bits per heavy atom. The molecule has 0 spiro atoms. The molecule has 2 N–H and O–H groups in total. The molecular formula is C10H11N3OS. The minimum Gasteiger partial charge on any atom is -0.341 e. The van der Waals surface area contributed by atoms with Crippen molar-refractivity contribution in [3.63, 3.8) is 0 Å². The lowest BCUT2D eigenvalue weighted by Crippen LogP contribution is -2.24. The van der Waals surface area contributed by atoms with E-state index in [4.69, 9.17) is 0 Å². The van der Waals surface area contributed by atoms with E-state index < -0.39 is 0 Å². The van der Waals surface area contributed by atoms with E-state index in [0.29, 0.717) is 5.13 Å². The van der Waals surface area contributed by atoms with Crippen LogP contribution in [0.25, 0.3) is 10.2 Å². The van der Waals surface area contributed by atoms with Crippen LogP contribution in [0.2, 0.25) is 0 Å². The van der Waals surface area contributed by atoms with Gasteiger partial charge in [-0.2, -0.15) is 0 Å². The number of amides is 2. The Balaban J connectivity index is 2.34. The second-order valence-corrected chi connectivity index (χ2v) is 4.22. The maximum Gasteiger partial charge on any atom is 0.320 e. The third-order valence-electron chi connectivity index (χ3n) is 1.99. The van der Waals surface area contributed by atoms with E-state index in [1.165, 1.54) is 16.9 Å². The predicted molar refractivity (Wildman–Crippen MR) is 62.4 cm³/mol. The molecule has 0 aliphatic rings. The highest BCUT2D eigenvalue weighted by atomic mass is 32.1. The molecular weight excluding hydrogens is 210 g/mol. The molecule has 15 heavy (non-hydrogen) atoms. The highest BCUT2D eigenvalue weighted by Gasteiger charge is 2.05. The normalized spacial score (nSPS) is 10.3. The zero-order valence-corrected chi connectivity index (χ0v) is 9.31. The van der Waals surface area contributed by atoms with Gasteiger partial charge in [-0.15, -0.1) is 0 Å². The SMILES string of the molecule is CNC(=O)Nc1nc2cc(C)ccc2s1. The molecule has 2 amide bonds. The minimum absolute atomic E-state index is 0.245. The Bertz CT molecular complexity index is 506. The molecule has 78 valence electrons. The molecule has 0 aliphatic heterocycles. The number of benzene rings is 1. The summed E-state index contributed by atoms with van der Waals surface area (Å²) in [5.41, 5.74) is 2.09. The molecule has 1 aromatic heterocycles. The number of nitrogens with zero attached hydrogens (tertiary/aromatic N) is 1. The second-order valence-electron chi connectivity index (χ2n) is 3.19. The van der Waals surface area contributed by atoms with Crippen molar-refractivity contribution in [1.82, 2.24) is 10.3 Å². The van der Waals surface area contributed by atoms with Crippen molar-refractivity contribution in [2.75, 3.05) is 12.4 Å². The number of fused-ring (bicyclic) bond motifs is 1. The van der Waals surface area contributed by atoms with Crippen molar-refractivity contribution in [2.24, 2.45) is 0 Å². The number of thiazole rings is 1. The van der Waals surface area contributed by atoms with Gasteiger partial charge in [-0.25, -0.2) is 9.78 Å². The van der Waals surface area contributed by atoms with E-state index in [2.05, 4.69) is 15.6 Å². The molecule has 4 nitrogen and oxygen atoms in total. The highest BCUT2D eigenvalue weighted by molar-refractivity contribution is 7.22. The third-order valence-corrected chi connectivity index (χ3v) is 2.94. The van der Waals surface area contributed by atoms with Crippen LogP contribution in [0.4, 0.5) is 9.93 Å². The molecule has 0 fully saturated rings. The third kappa shape index (κ3) is 2.07. The first-order valence-corrected chi connectivity index (χ1v) is 5.36. The summed E-state index contributed by atoms with van der Waals surface area (Å²) < 4.78 is 1.08. The lowest BCUT2D eigenvalue weighted by molar-refractivity contribution is 0.254. The van der Waals surface area contributed by atoms with Gasteiger partial charge in [0.05, 0.1) is 10.2 Å². The van der Waals surface area contributed by atoms with Gasteiger partial charge in [0.15, 0.2) is 5.13 Å². The lowest BCUT2D eigenvalue weighted by atomic mass is 10.2. The average molecular weight is 221 g/mol. The summed E-state index contributed by atoms with van der Waals surface area (Å²) >= 11 is 1.47. The first-order chi connectivity index (χ1) is 7.19. The van der Waals surface area contributed by atoms with Crippen LogP contribution in [0.3, 0.4) is 0 Å². The first kappa shape index (κ1) is 9.92. The number of hydrogen-bond acceptors (Lipinski definition) is 3. The van der Waals surface area contributed by atoms with Crippen LogP contribution in [0, 0.1) is 6.92 Å². The number of hydrogen-bond donors (Lipinski definition) is 2. The summed E-state index contributed by atoms with van der Waals surface area (Å²) in [6.45, 7) is 2.02. The van der Waals surface area contributed by atoms with E-state index in [0.717, 1.165) is 10.2 Å².